The monoisotopic (exact) mass is 369 g/mol. The van der Waals surface area contributed by atoms with Crippen molar-refractivity contribution in [2.75, 3.05) is 17.7 Å². The Kier molecular flexibility index (Phi) is 4.20. The van der Waals surface area contributed by atoms with Crippen molar-refractivity contribution in [1.29, 1.82) is 0 Å². The molecule has 0 fully saturated rings. The normalized spacial score (nSPS) is 14.3. The summed E-state index contributed by atoms with van der Waals surface area (Å²) in [4.78, 5) is 2.56. The van der Waals surface area contributed by atoms with Gasteiger partial charge in [0.05, 0.1) is 17.1 Å². The molecule has 2 heterocycles. The molecule has 26 heavy (non-hydrogen) atoms. The molecule has 3 aromatic rings. The molecule has 1 aliphatic heterocycles. The maximum atomic E-state index is 11.6. The molecule has 0 radical (unpaired) electrons. The first-order valence-electron chi connectivity index (χ1n) is 8.43. The summed E-state index contributed by atoms with van der Waals surface area (Å²) in [7, 11) is -3.22. The standard InChI is InChI=1S/C18H19N5O2S/c1-26(24,25)16-10-8-15(9-11-16)23-18(19-20-21-23)13-22-12-4-6-14-5-2-3-7-17(14)22/h2-3,5,7-11H,4,6,12-13H2,1H3. The van der Waals surface area contributed by atoms with E-state index in [9.17, 15) is 8.42 Å². The van der Waals surface area contributed by atoms with Crippen LogP contribution in [0.1, 0.15) is 17.8 Å². The Balaban J connectivity index is 1.62. The average molecular weight is 369 g/mol. The molecule has 0 spiro atoms. The van der Waals surface area contributed by atoms with Crippen molar-refractivity contribution in [3.63, 3.8) is 0 Å². The highest BCUT2D eigenvalue weighted by molar-refractivity contribution is 7.90. The highest BCUT2D eigenvalue weighted by atomic mass is 32.2. The fraction of sp³-hybridized carbons (Fsp3) is 0.278. The molecule has 0 atom stereocenters. The van der Waals surface area contributed by atoms with E-state index in [1.807, 2.05) is 6.07 Å². The van der Waals surface area contributed by atoms with E-state index in [0.29, 0.717) is 12.4 Å². The predicted molar refractivity (Wildman–Crippen MR) is 98.1 cm³/mol. The third kappa shape index (κ3) is 3.20. The van der Waals surface area contributed by atoms with Crippen molar-refractivity contribution < 1.29 is 8.42 Å². The van der Waals surface area contributed by atoms with E-state index >= 15 is 0 Å². The van der Waals surface area contributed by atoms with Crippen LogP contribution in [0, 0.1) is 0 Å². The van der Waals surface area contributed by atoms with Crippen molar-refractivity contribution >= 4 is 15.5 Å². The zero-order valence-electron chi connectivity index (χ0n) is 14.4. The molecular formula is C18H19N5O2S. The maximum Gasteiger partial charge on any atom is 0.175 e. The van der Waals surface area contributed by atoms with E-state index in [-0.39, 0.29) is 4.90 Å². The lowest BCUT2D eigenvalue weighted by atomic mass is 10.0. The van der Waals surface area contributed by atoms with Gasteiger partial charge >= 0.3 is 0 Å². The number of para-hydroxylation sites is 1. The van der Waals surface area contributed by atoms with E-state index in [4.69, 9.17) is 0 Å². The molecule has 0 unspecified atom stereocenters. The van der Waals surface area contributed by atoms with Crippen molar-refractivity contribution in [3.05, 3.63) is 59.9 Å². The molecule has 0 aliphatic carbocycles. The molecule has 0 amide bonds. The molecule has 1 aromatic heterocycles. The molecule has 0 bridgehead atoms. The van der Waals surface area contributed by atoms with Crippen LogP contribution in [0.5, 0.6) is 0 Å². The average Bonchev–Trinajstić information content (AvgIpc) is 3.10. The third-order valence-electron chi connectivity index (χ3n) is 4.58. The lowest BCUT2D eigenvalue weighted by molar-refractivity contribution is 0.602. The van der Waals surface area contributed by atoms with Gasteiger partial charge in [0.15, 0.2) is 15.7 Å². The largest absolute Gasteiger partial charge is 0.364 e. The van der Waals surface area contributed by atoms with Gasteiger partial charge in [-0.2, -0.15) is 4.68 Å². The van der Waals surface area contributed by atoms with E-state index in [1.165, 1.54) is 17.5 Å². The molecule has 2 aromatic carbocycles. The van der Waals surface area contributed by atoms with Gasteiger partial charge in [-0.3, -0.25) is 0 Å². The first kappa shape index (κ1) is 16.7. The molecule has 0 saturated carbocycles. The summed E-state index contributed by atoms with van der Waals surface area (Å²) in [6.45, 7) is 1.55. The second kappa shape index (κ2) is 6.53. The number of nitrogens with zero attached hydrogens (tertiary/aromatic N) is 5. The van der Waals surface area contributed by atoms with Gasteiger partial charge in [-0.15, -0.1) is 5.10 Å². The highest BCUT2D eigenvalue weighted by Gasteiger charge is 2.19. The van der Waals surface area contributed by atoms with Gasteiger partial charge in [-0.05, 0) is 59.2 Å². The number of hydrogen-bond acceptors (Lipinski definition) is 6. The summed E-state index contributed by atoms with van der Waals surface area (Å²) >= 11 is 0. The Bertz CT molecular complexity index is 1030. The number of benzene rings is 2. The van der Waals surface area contributed by atoms with Crippen LogP contribution < -0.4 is 4.90 Å². The summed E-state index contributed by atoms with van der Waals surface area (Å²) in [5, 5.41) is 12.1. The van der Waals surface area contributed by atoms with E-state index in [0.717, 1.165) is 25.1 Å². The second-order valence-electron chi connectivity index (χ2n) is 6.43. The minimum atomic E-state index is -3.22. The summed E-state index contributed by atoms with van der Waals surface area (Å²) in [5.41, 5.74) is 3.30. The number of aryl methyl sites for hydroxylation is 1. The fourth-order valence-electron chi connectivity index (χ4n) is 3.29. The van der Waals surface area contributed by atoms with Gasteiger partial charge in [-0.25, -0.2) is 8.42 Å². The van der Waals surface area contributed by atoms with E-state index < -0.39 is 9.84 Å². The number of aromatic nitrogens is 4. The molecule has 0 N–H and O–H groups in total. The van der Waals surface area contributed by atoms with Crippen LogP contribution in [-0.4, -0.2) is 41.4 Å². The van der Waals surface area contributed by atoms with Crippen LogP contribution in [0.25, 0.3) is 5.69 Å². The van der Waals surface area contributed by atoms with Gasteiger partial charge in [0.2, 0.25) is 0 Å². The van der Waals surface area contributed by atoms with Crippen LogP contribution in [0.15, 0.2) is 53.4 Å². The lowest BCUT2D eigenvalue weighted by Crippen LogP contribution is -2.30. The summed E-state index contributed by atoms with van der Waals surface area (Å²) in [6, 6.07) is 15.0. The van der Waals surface area contributed by atoms with Crippen molar-refractivity contribution in [1.82, 2.24) is 20.2 Å². The van der Waals surface area contributed by atoms with Crippen LogP contribution in [0.4, 0.5) is 5.69 Å². The Morgan fingerprint density at radius 2 is 1.85 bits per heavy atom. The molecule has 1 aliphatic rings. The number of tetrazole rings is 1. The summed E-state index contributed by atoms with van der Waals surface area (Å²) in [5.74, 6) is 0.716. The van der Waals surface area contributed by atoms with Gasteiger partial charge in [0.25, 0.3) is 0 Å². The Labute approximate surface area is 152 Å². The molecule has 134 valence electrons. The van der Waals surface area contributed by atoms with Crippen LogP contribution in [0.2, 0.25) is 0 Å². The van der Waals surface area contributed by atoms with Crippen LogP contribution in [-0.2, 0) is 22.8 Å². The summed E-state index contributed by atoms with van der Waals surface area (Å²) < 4.78 is 24.9. The van der Waals surface area contributed by atoms with E-state index in [1.54, 1.807) is 28.9 Å². The second-order valence-corrected chi connectivity index (χ2v) is 8.44. The number of rotatable bonds is 4. The molecule has 0 saturated heterocycles. The maximum absolute atomic E-state index is 11.6. The van der Waals surface area contributed by atoms with Gasteiger partial charge in [0, 0.05) is 18.5 Å². The number of anilines is 1. The SMILES string of the molecule is CS(=O)(=O)c1ccc(-n2nnnc2CN2CCCc3ccccc32)cc1. The van der Waals surface area contributed by atoms with Gasteiger partial charge < -0.3 is 4.90 Å². The molecular weight excluding hydrogens is 350 g/mol. The number of sulfone groups is 1. The van der Waals surface area contributed by atoms with Gasteiger partial charge in [-0.1, -0.05) is 18.2 Å². The Hall–Kier alpha value is -2.74. The van der Waals surface area contributed by atoms with Crippen molar-refractivity contribution in [3.8, 4) is 5.69 Å². The zero-order valence-corrected chi connectivity index (χ0v) is 15.2. The number of hydrogen-bond donors (Lipinski definition) is 0. The third-order valence-corrected chi connectivity index (χ3v) is 5.71. The quantitative estimate of drug-likeness (QED) is 0.700. The smallest absolute Gasteiger partial charge is 0.175 e. The van der Waals surface area contributed by atoms with E-state index in [2.05, 4.69) is 38.6 Å². The molecule has 7 nitrogen and oxygen atoms in total. The minimum absolute atomic E-state index is 0.279. The van der Waals surface area contributed by atoms with Crippen molar-refractivity contribution in [2.45, 2.75) is 24.3 Å². The first-order chi connectivity index (χ1) is 12.5. The van der Waals surface area contributed by atoms with Crippen molar-refractivity contribution in [2.24, 2.45) is 0 Å². The lowest BCUT2D eigenvalue weighted by Gasteiger charge is -2.30. The number of fused-ring (bicyclic) bond motifs is 1. The summed E-state index contributed by atoms with van der Waals surface area (Å²) in [6.07, 6.45) is 3.38. The molecule has 4 rings (SSSR count). The topological polar surface area (TPSA) is 81.0 Å². The highest BCUT2D eigenvalue weighted by Crippen LogP contribution is 2.28. The van der Waals surface area contributed by atoms with Gasteiger partial charge in [0.1, 0.15) is 0 Å². The predicted octanol–water partition coefficient (Wildman–Crippen LogP) is 2.02. The Morgan fingerprint density at radius 3 is 2.62 bits per heavy atom. The zero-order chi connectivity index (χ0) is 18.1. The van der Waals surface area contributed by atoms with Crippen LogP contribution >= 0.6 is 0 Å². The Morgan fingerprint density at radius 1 is 1.08 bits per heavy atom. The minimum Gasteiger partial charge on any atom is -0.364 e. The molecule has 8 heteroatoms. The fourth-order valence-corrected chi connectivity index (χ4v) is 3.92. The first-order valence-corrected chi connectivity index (χ1v) is 10.3. The van der Waals surface area contributed by atoms with Crippen LogP contribution in [0.3, 0.4) is 0 Å².